The lowest BCUT2D eigenvalue weighted by Gasteiger charge is -2.24. The highest BCUT2D eigenvalue weighted by atomic mass is 16.3. The highest BCUT2D eigenvalue weighted by Crippen LogP contribution is 2.18. The number of anilines is 1. The molecule has 0 aliphatic rings. The summed E-state index contributed by atoms with van der Waals surface area (Å²) in [5, 5.41) is 12.6. The summed E-state index contributed by atoms with van der Waals surface area (Å²) >= 11 is 0. The van der Waals surface area contributed by atoms with E-state index in [1.807, 2.05) is 18.3 Å². The second kappa shape index (κ2) is 8.67. The maximum Gasteiger partial charge on any atom is 0.0606 e. The average molecular weight is 263 g/mol. The van der Waals surface area contributed by atoms with E-state index < -0.39 is 0 Å². The number of nitrogens with zero attached hydrogens (tertiary/aromatic N) is 2. The molecule has 4 nitrogen and oxygen atoms in total. The fourth-order valence-corrected chi connectivity index (χ4v) is 1.93. The molecule has 0 saturated heterocycles. The lowest BCUT2D eigenvalue weighted by atomic mass is 10.2. The zero-order valence-corrected chi connectivity index (χ0v) is 12.0. The first-order valence-electron chi connectivity index (χ1n) is 6.79. The summed E-state index contributed by atoms with van der Waals surface area (Å²) in [6.07, 6.45) is 5.50. The molecule has 0 aromatic carbocycles. The van der Waals surface area contributed by atoms with Crippen LogP contribution in [0.4, 0.5) is 5.69 Å². The topological polar surface area (TPSA) is 48.4 Å². The van der Waals surface area contributed by atoms with Crippen LogP contribution in [0.3, 0.4) is 0 Å². The first-order valence-corrected chi connectivity index (χ1v) is 6.79. The van der Waals surface area contributed by atoms with Gasteiger partial charge in [-0.2, -0.15) is 0 Å². The molecule has 0 spiro atoms. The van der Waals surface area contributed by atoms with Crippen LogP contribution in [0.1, 0.15) is 19.4 Å². The van der Waals surface area contributed by atoms with Gasteiger partial charge >= 0.3 is 0 Å². The zero-order valence-electron chi connectivity index (χ0n) is 12.0. The third-order valence-corrected chi connectivity index (χ3v) is 2.82. The van der Waals surface area contributed by atoms with Crippen LogP contribution in [-0.4, -0.2) is 36.3 Å². The summed E-state index contributed by atoms with van der Waals surface area (Å²) in [5.41, 5.74) is 2.26. The van der Waals surface area contributed by atoms with Crippen LogP contribution in [0.25, 0.3) is 0 Å². The van der Waals surface area contributed by atoms with Crippen molar-refractivity contribution in [3.8, 4) is 0 Å². The molecule has 0 amide bonds. The molecule has 1 heterocycles. The third-order valence-electron chi connectivity index (χ3n) is 2.82. The largest absolute Gasteiger partial charge is 0.395 e. The van der Waals surface area contributed by atoms with Gasteiger partial charge in [-0.3, -0.25) is 4.98 Å². The number of aliphatic hydroxyl groups excluding tert-OH is 1. The Labute approximate surface area is 116 Å². The van der Waals surface area contributed by atoms with E-state index >= 15 is 0 Å². The Morgan fingerprint density at radius 2 is 2.32 bits per heavy atom. The Hall–Kier alpha value is -1.39. The molecule has 1 rings (SSSR count). The summed E-state index contributed by atoms with van der Waals surface area (Å²) in [4.78, 5) is 6.28. The van der Waals surface area contributed by atoms with Crippen molar-refractivity contribution < 1.29 is 5.11 Å². The second-order valence-electron chi connectivity index (χ2n) is 4.99. The van der Waals surface area contributed by atoms with Crippen molar-refractivity contribution in [3.63, 3.8) is 0 Å². The molecule has 0 unspecified atom stereocenters. The number of hydrogen-bond acceptors (Lipinski definition) is 4. The molecule has 0 radical (unpaired) electrons. The van der Waals surface area contributed by atoms with Crippen molar-refractivity contribution in [1.29, 1.82) is 0 Å². The first-order chi connectivity index (χ1) is 9.19. The quantitative estimate of drug-likeness (QED) is 0.667. The van der Waals surface area contributed by atoms with E-state index in [-0.39, 0.29) is 6.61 Å². The highest BCUT2D eigenvalue weighted by Gasteiger charge is 2.09. The van der Waals surface area contributed by atoms with Crippen molar-refractivity contribution in [1.82, 2.24) is 10.3 Å². The fraction of sp³-hybridized carbons (Fsp3) is 0.533. The number of hydrogen-bond donors (Lipinski definition) is 2. The van der Waals surface area contributed by atoms with Gasteiger partial charge in [-0.05, 0) is 24.1 Å². The lowest BCUT2D eigenvalue weighted by molar-refractivity contribution is 0.303. The SMILES string of the molecule is C=CCN(CCO)c1cnccc1CNCC(C)C. The van der Waals surface area contributed by atoms with Crippen LogP contribution < -0.4 is 10.2 Å². The van der Waals surface area contributed by atoms with Crippen molar-refractivity contribution in [2.45, 2.75) is 20.4 Å². The zero-order chi connectivity index (χ0) is 14.1. The smallest absolute Gasteiger partial charge is 0.0606 e. The molecule has 2 N–H and O–H groups in total. The van der Waals surface area contributed by atoms with Gasteiger partial charge in [0.1, 0.15) is 0 Å². The number of rotatable bonds is 9. The first kappa shape index (κ1) is 15.7. The van der Waals surface area contributed by atoms with E-state index in [9.17, 15) is 0 Å². The van der Waals surface area contributed by atoms with Gasteiger partial charge in [0.15, 0.2) is 0 Å². The molecule has 1 aromatic rings. The average Bonchev–Trinajstić information content (AvgIpc) is 2.39. The summed E-state index contributed by atoms with van der Waals surface area (Å²) in [7, 11) is 0. The Morgan fingerprint density at radius 1 is 1.53 bits per heavy atom. The minimum absolute atomic E-state index is 0.127. The summed E-state index contributed by atoms with van der Waals surface area (Å²) < 4.78 is 0. The number of pyridine rings is 1. The van der Waals surface area contributed by atoms with Crippen LogP contribution in [0, 0.1) is 5.92 Å². The van der Waals surface area contributed by atoms with E-state index in [1.165, 1.54) is 5.56 Å². The Bertz CT molecular complexity index is 379. The molecule has 0 aliphatic heterocycles. The van der Waals surface area contributed by atoms with Crippen molar-refractivity contribution in [3.05, 3.63) is 36.7 Å². The molecular formula is C15H25N3O. The van der Waals surface area contributed by atoms with Crippen LogP contribution in [0.15, 0.2) is 31.1 Å². The monoisotopic (exact) mass is 263 g/mol. The van der Waals surface area contributed by atoms with Gasteiger partial charge in [-0.25, -0.2) is 0 Å². The van der Waals surface area contributed by atoms with Gasteiger partial charge < -0.3 is 15.3 Å². The van der Waals surface area contributed by atoms with E-state index in [0.29, 0.717) is 19.0 Å². The van der Waals surface area contributed by atoms with Crippen molar-refractivity contribution >= 4 is 5.69 Å². The second-order valence-corrected chi connectivity index (χ2v) is 4.99. The summed E-state index contributed by atoms with van der Waals surface area (Å²) in [5.74, 6) is 0.631. The normalized spacial score (nSPS) is 10.7. The highest BCUT2D eigenvalue weighted by molar-refractivity contribution is 5.52. The van der Waals surface area contributed by atoms with Crippen molar-refractivity contribution in [2.24, 2.45) is 5.92 Å². The van der Waals surface area contributed by atoms with Crippen molar-refractivity contribution in [2.75, 3.05) is 31.1 Å². The predicted octanol–water partition coefficient (Wildman–Crippen LogP) is 1.81. The minimum Gasteiger partial charge on any atom is -0.395 e. The van der Waals surface area contributed by atoms with Gasteiger partial charge in [0.2, 0.25) is 0 Å². The van der Waals surface area contributed by atoms with Crippen LogP contribution in [-0.2, 0) is 6.54 Å². The summed E-state index contributed by atoms with van der Waals surface area (Å²) in [6.45, 7) is 11.4. The van der Waals surface area contributed by atoms with Gasteiger partial charge in [0, 0.05) is 25.8 Å². The maximum absolute atomic E-state index is 9.15. The van der Waals surface area contributed by atoms with E-state index in [4.69, 9.17) is 5.11 Å². The number of aliphatic hydroxyl groups is 1. The van der Waals surface area contributed by atoms with E-state index in [2.05, 4.69) is 35.6 Å². The van der Waals surface area contributed by atoms with Crippen LogP contribution in [0.5, 0.6) is 0 Å². The maximum atomic E-state index is 9.15. The van der Waals surface area contributed by atoms with E-state index in [1.54, 1.807) is 6.20 Å². The molecule has 0 fully saturated rings. The van der Waals surface area contributed by atoms with Gasteiger partial charge in [0.05, 0.1) is 18.5 Å². The third kappa shape index (κ3) is 5.41. The molecule has 4 heteroatoms. The van der Waals surface area contributed by atoms with Gasteiger partial charge in [-0.1, -0.05) is 19.9 Å². The Balaban J connectivity index is 2.77. The predicted molar refractivity (Wildman–Crippen MR) is 80.3 cm³/mol. The summed E-state index contributed by atoms with van der Waals surface area (Å²) in [6, 6.07) is 2.02. The van der Waals surface area contributed by atoms with E-state index in [0.717, 1.165) is 18.8 Å². The molecule has 1 aromatic heterocycles. The Kier molecular flexibility index (Phi) is 7.15. The molecule has 0 atom stereocenters. The van der Waals surface area contributed by atoms with Gasteiger partial charge in [-0.15, -0.1) is 6.58 Å². The van der Waals surface area contributed by atoms with Crippen LogP contribution in [0.2, 0.25) is 0 Å². The Morgan fingerprint density at radius 3 is 2.95 bits per heavy atom. The molecule has 0 aliphatic carbocycles. The van der Waals surface area contributed by atoms with Gasteiger partial charge in [0.25, 0.3) is 0 Å². The molecular weight excluding hydrogens is 238 g/mol. The standard InChI is InChI=1S/C15H25N3O/c1-4-7-18(8-9-19)15-12-16-6-5-14(15)11-17-10-13(2)3/h4-6,12-13,17,19H,1,7-11H2,2-3H3. The molecule has 0 saturated carbocycles. The van der Waals surface area contributed by atoms with Crippen LogP contribution >= 0.6 is 0 Å². The molecule has 106 valence electrons. The number of aromatic nitrogens is 1. The molecule has 0 bridgehead atoms. The minimum atomic E-state index is 0.127. The lowest BCUT2D eigenvalue weighted by Crippen LogP contribution is -2.29. The fourth-order valence-electron chi connectivity index (χ4n) is 1.93. The molecule has 19 heavy (non-hydrogen) atoms. The number of nitrogens with one attached hydrogen (secondary N) is 1.